The fourth-order valence-corrected chi connectivity index (χ4v) is 2.25. The fraction of sp³-hybridized carbons (Fsp3) is 0.500. The second kappa shape index (κ2) is 5.75. The first-order valence-electron chi connectivity index (χ1n) is 6.08. The third-order valence-electron chi connectivity index (χ3n) is 3.08. The molecule has 2 rings (SSSR count). The minimum Gasteiger partial charge on any atom is -0.478 e. The molecule has 1 aromatic rings. The Morgan fingerprint density at radius 1 is 1.58 bits per heavy atom. The first kappa shape index (κ1) is 13.4. The minimum atomic E-state index is -1.02. The third-order valence-corrected chi connectivity index (χ3v) is 3.08. The van der Waals surface area contributed by atoms with Gasteiger partial charge in [-0.1, -0.05) is 0 Å². The summed E-state index contributed by atoms with van der Waals surface area (Å²) in [5.74, 6) is -1.06. The SMILES string of the molecule is CC(=O)NC1CCN(Cc2ncncc2C(=O)O)C1. The molecule has 1 atom stereocenters. The van der Waals surface area contributed by atoms with Crippen molar-refractivity contribution in [2.45, 2.75) is 25.9 Å². The molecular formula is C12H16N4O3. The molecule has 2 N–H and O–H groups in total. The van der Waals surface area contributed by atoms with Gasteiger partial charge in [0.25, 0.3) is 0 Å². The smallest absolute Gasteiger partial charge is 0.339 e. The van der Waals surface area contributed by atoms with Gasteiger partial charge in [0, 0.05) is 38.8 Å². The molecule has 1 aliphatic rings. The number of hydrogen-bond donors (Lipinski definition) is 2. The van der Waals surface area contributed by atoms with E-state index in [1.165, 1.54) is 19.4 Å². The fourth-order valence-electron chi connectivity index (χ4n) is 2.25. The van der Waals surface area contributed by atoms with E-state index < -0.39 is 5.97 Å². The van der Waals surface area contributed by atoms with Gasteiger partial charge in [-0.3, -0.25) is 9.69 Å². The van der Waals surface area contributed by atoms with Gasteiger partial charge in [0.1, 0.15) is 11.9 Å². The lowest BCUT2D eigenvalue weighted by molar-refractivity contribution is -0.119. The zero-order valence-electron chi connectivity index (χ0n) is 10.7. The number of nitrogens with zero attached hydrogens (tertiary/aromatic N) is 3. The van der Waals surface area contributed by atoms with Gasteiger partial charge < -0.3 is 10.4 Å². The van der Waals surface area contributed by atoms with E-state index in [2.05, 4.69) is 20.2 Å². The number of likely N-dealkylation sites (tertiary alicyclic amines) is 1. The zero-order chi connectivity index (χ0) is 13.8. The summed E-state index contributed by atoms with van der Waals surface area (Å²) in [6, 6.07) is 0.132. The van der Waals surface area contributed by atoms with Gasteiger partial charge in [-0.15, -0.1) is 0 Å². The molecule has 0 radical (unpaired) electrons. The number of carboxylic acid groups (broad SMARTS) is 1. The molecule has 0 spiro atoms. The molecule has 1 fully saturated rings. The Kier molecular flexibility index (Phi) is 4.06. The summed E-state index contributed by atoms with van der Waals surface area (Å²) < 4.78 is 0. The molecule has 1 aromatic heterocycles. The van der Waals surface area contributed by atoms with Crippen LogP contribution in [0.4, 0.5) is 0 Å². The van der Waals surface area contributed by atoms with E-state index in [9.17, 15) is 9.59 Å². The lowest BCUT2D eigenvalue weighted by Crippen LogP contribution is -2.35. The van der Waals surface area contributed by atoms with Crippen LogP contribution < -0.4 is 5.32 Å². The predicted octanol–water partition coefficient (Wildman–Crippen LogP) is -0.115. The van der Waals surface area contributed by atoms with Crippen LogP contribution in [0.3, 0.4) is 0 Å². The Morgan fingerprint density at radius 2 is 2.37 bits per heavy atom. The Morgan fingerprint density at radius 3 is 3.05 bits per heavy atom. The quantitative estimate of drug-likeness (QED) is 0.787. The largest absolute Gasteiger partial charge is 0.478 e. The normalized spacial score (nSPS) is 19.3. The first-order valence-corrected chi connectivity index (χ1v) is 6.08. The Bertz CT molecular complexity index is 492. The molecule has 0 bridgehead atoms. The van der Waals surface area contributed by atoms with Crippen molar-refractivity contribution in [1.29, 1.82) is 0 Å². The number of carboxylic acids is 1. The molecule has 102 valence electrons. The minimum absolute atomic E-state index is 0.0416. The second-order valence-electron chi connectivity index (χ2n) is 4.61. The van der Waals surface area contributed by atoms with Crippen LogP contribution in [0.1, 0.15) is 29.4 Å². The van der Waals surface area contributed by atoms with E-state index in [0.717, 1.165) is 13.0 Å². The highest BCUT2D eigenvalue weighted by atomic mass is 16.4. The van der Waals surface area contributed by atoms with Crippen LogP contribution in [0.5, 0.6) is 0 Å². The van der Waals surface area contributed by atoms with E-state index in [4.69, 9.17) is 5.11 Å². The van der Waals surface area contributed by atoms with Gasteiger partial charge in [0.15, 0.2) is 0 Å². The average Bonchev–Trinajstić information content (AvgIpc) is 2.76. The van der Waals surface area contributed by atoms with Crippen LogP contribution >= 0.6 is 0 Å². The molecule has 0 aromatic carbocycles. The highest BCUT2D eigenvalue weighted by Gasteiger charge is 2.24. The van der Waals surface area contributed by atoms with Gasteiger partial charge in [0.05, 0.1) is 5.69 Å². The Hall–Kier alpha value is -2.02. The molecular weight excluding hydrogens is 248 g/mol. The first-order chi connectivity index (χ1) is 9.06. The number of hydrogen-bond acceptors (Lipinski definition) is 5. The van der Waals surface area contributed by atoms with Crippen LogP contribution in [0.25, 0.3) is 0 Å². The second-order valence-corrected chi connectivity index (χ2v) is 4.61. The van der Waals surface area contributed by atoms with E-state index >= 15 is 0 Å². The van der Waals surface area contributed by atoms with E-state index in [0.29, 0.717) is 18.8 Å². The summed E-state index contributed by atoms with van der Waals surface area (Å²) in [6.45, 7) is 3.48. The van der Waals surface area contributed by atoms with Crippen molar-refractivity contribution in [3.05, 3.63) is 23.8 Å². The molecule has 19 heavy (non-hydrogen) atoms. The number of aromatic carboxylic acids is 1. The van der Waals surface area contributed by atoms with Gasteiger partial charge in [-0.25, -0.2) is 14.8 Å². The Labute approximate surface area is 110 Å². The van der Waals surface area contributed by atoms with Crippen molar-refractivity contribution < 1.29 is 14.7 Å². The molecule has 2 heterocycles. The van der Waals surface area contributed by atoms with Crippen LogP contribution in [0, 0.1) is 0 Å². The number of aromatic nitrogens is 2. The summed E-state index contributed by atoms with van der Waals surface area (Å²) in [4.78, 5) is 31.9. The molecule has 1 amide bonds. The van der Waals surface area contributed by atoms with E-state index in [1.807, 2.05) is 0 Å². The highest BCUT2D eigenvalue weighted by Crippen LogP contribution is 2.14. The van der Waals surface area contributed by atoms with E-state index in [1.54, 1.807) is 0 Å². The predicted molar refractivity (Wildman–Crippen MR) is 66.5 cm³/mol. The lowest BCUT2D eigenvalue weighted by atomic mass is 10.2. The Balaban J connectivity index is 1.99. The molecule has 0 saturated carbocycles. The summed E-state index contributed by atoms with van der Waals surface area (Å²) in [5.41, 5.74) is 0.636. The zero-order valence-corrected chi connectivity index (χ0v) is 10.7. The van der Waals surface area contributed by atoms with E-state index in [-0.39, 0.29) is 17.5 Å². The van der Waals surface area contributed by atoms with Crippen molar-refractivity contribution in [2.75, 3.05) is 13.1 Å². The van der Waals surface area contributed by atoms with Crippen LogP contribution in [0.15, 0.2) is 12.5 Å². The third kappa shape index (κ3) is 3.47. The number of rotatable bonds is 4. The number of carbonyl (C=O) groups excluding carboxylic acids is 1. The van der Waals surface area contributed by atoms with Crippen molar-refractivity contribution in [3.63, 3.8) is 0 Å². The lowest BCUT2D eigenvalue weighted by Gasteiger charge is -2.16. The van der Waals surface area contributed by atoms with Gasteiger partial charge >= 0.3 is 5.97 Å². The molecule has 1 unspecified atom stereocenters. The number of nitrogens with one attached hydrogen (secondary N) is 1. The maximum Gasteiger partial charge on any atom is 0.339 e. The maximum atomic E-state index is 11.0. The van der Waals surface area contributed by atoms with Crippen molar-refractivity contribution in [3.8, 4) is 0 Å². The summed E-state index contributed by atoms with van der Waals surface area (Å²) in [5, 5.41) is 11.9. The summed E-state index contributed by atoms with van der Waals surface area (Å²) >= 11 is 0. The standard InChI is InChI=1S/C12H16N4O3/c1-8(17)15-9-2-3-16(5-9)6-11-10(12(18)19)4-13-7-14-11/h4,7,9H,2-3,5-6H2,1H3,(H,15,17)(H,18,19). The van der Waals surface area contributed by atoms with Crippen LogP contribution in [0.2, 0.25) is 0 Å². The summed E-state index contributed by atoms with van der Waals surface area (Å²) in [7, 11) is 0. The topological polar surface area (TPSA) is 95.4 Å². The molecule has 1 saturated heterocycles. The van der Waals surface area contributed by atoms with Crippen LogP contribution in [-0.2, 0) is 11.3 Å². The average molecular weight is 264 g/mol. The van der Waals surface area contributed by atoms with Crippen molar-refractivity contribution >= 4 is 11.9 Å². The molecule has 7 heteroatoms. The monoisotopic (exact) mass is 264 g/mol. The van der Waals surface area contributed by atoms with Gasteiger partial charge in [0.2, 0.25) is 5.91 Å². The number of carbonyl (C=O) groups is 2. The molecule has 7 nitrogen and oxygen atoms in total. The molecule has 0 aliphatic carbocycles. The highest BCUT2D eigenvalue weighted by molar-refractivity contribution is 5.88. The van der Waals surface area contributed by atoms with Crippen LogP contribution in [-0.4, -0.2) is 51.0 Å². The van der Waals surface area contributed by atoms with Crippen molar-refractivity contribution in [1.82, 2.24) is 20.2 Å². The number of amides is 1. The van der Waals surface area contributed by atoms with Gasteiger partial charge in [-0.2, -0.15) is 0 Å². The van der Waals surface area contributed by atoms with Crippen molar-refractivity contribution in [2.24, 2.45) is 0 Å². The molecule has 1 aliphatic heterocycles. The summed E-state index contributed by atoms with van der Waals surface area (Å²) in [6.07, 6.45) is 3.53. The maximum absolute atomic E-state index is 11.0. The van der Waals surface area contributed by atoms with Gasteiger partial charge in [-0.05, 0) is 6.42 Å².